The number of sulfonamides is 1. The predicted octanol–water partition coefficient (Wildman–Crippen LogP) is 0.368. The van der Waals surface area contributed by atoms with E-state index in [-0.39, 0.29) is 16.7 Å². The molecule has 1 amide bonds. The fourth-order valence-corrected chi connectivity index (χ4v) is 3.49. The van der Waals surface area contributed by atoms with E-state index < -0.39 is 10.0 Å². The first-order valence-electron chi connectivity index (χ1n) is 7.51. The van der Waals surface area contributed by atoms with E-state index in [0.717, 1.165) is 24.8 Å². The second kappa shape index (κ2) is 7.21. The molecule has 122 valence electrons. The third kappa shape index (κ3) is 4.28. The molecule has 1 aliphatic rings. The van der Waals surface area contributed by atoms with Gasteiger partial charge in [-0.3, -0.25) is 4.79 Å². The minimum Gasteiger partial charge on any atom is -0.356 e. The third-order valence-corrected chi connectivity index (χ3v) is 5.19. The maximum absolute atomic E-state index is 12.1. The molecule has 7 heteroatoms. The lowest BCUT2D eigenvalue weighted by atomic mass is 9.95. The number of carbonyl (C=O) groups excluding carboxylic acids is 1. The highest BCUT2D eigenvalue weighted by Crippen LogP contribution is 2.30. The Morgan fingerprint density at radius 1 is 1.23 bits per heavy atom. The van der Waals surface area contributed by atoms with Gasteiger partial charge in [-0.2, -0.15) is 0 Å². The Labute approximate surface area is 131 Å². The molecule has 1 saturated carbocycles. The van der Waals surface area contributed by atoms with E-state index in [1.54, 1.807) is 12.1 Å². The topological polar surface area (TPSA) is 115 Å². The van der Waals surface area contributed by atoms with E-state index >= 15 is 0 Å². The van der Waals surface area contributed by atoms with Crippen molar-refractivity contribution in [1.29, 1.82) is 0 Å². The molecule has 22 heavy (non-hydrogen) atoms. The van der Waals surface area contributed by atoms with Crippen LogP contribution in [-0.4, -0.2) is 27.4 Å². The monoisotopic (exact) mass is 325 g/mol. The van der Waals surface area contributed by atoms with Gasteiger partial charge in [-0.15, -0.1) is 0 Å². The number of primary sulfonamides is 1. The molecular weight excluding hydrogens is 302 g/mol. The Balaban J connectivity index is 1.82. The molecule has 0 radical (unpaired) electrons. The summed E-state index contributed by atoms with van der Waals surface area (Å²) in [5, 5.41) is 7.99. The minimum atomic E-state index is -3.66. The van der Waals surface area contributed by atoms with Gasteiger partial charge in [0.05, 0.1) is 4.90 Å². The number of nitrogens with one attached hydrogen (secondary N) is 1. The highest BCUT2D eigenvalue weighted by atomic mass is 32.2. The van der Waals surface area contributed by atoms with E-state index in [9.17, 15) is 13.2 Å². The van der Waals surface area contributed by atoms with Gasteiger partial charge < -0.3 is 11.1 Å². The van der Waals surface area contributed by atoms with Gasteiger partial charge >= 0.3 is 0 Å². The lowest BCUT2D eigenvalue weighted by Crippen LogP contribution is -2.36. The van der Waals surface area contributed by atoms with Crippen LogP contribution >= 0.6 is 0 Å². The number of hydrogen-bond acceptors (Lipinski definition) is 4. The zero-order valence-electron chi connectivity index (χ0n) is 12.5. The lowest BCUT2D eigenvalue weighted by molar-refractivity contribution is -0.125. The molecule has 1 fully saturated rings. The van der Waals surface area contributed by atoms with E-state index in [1.165, 1.54) is 12.1 Å². The second-order valence-corrected chi connectivity index (χ2v) is 7.32. The molecule has 0 bridgehead atoms. The van der Waals surface area contributed by atoms with Crippen LogP contribution in [0.3, 0.4) is 0 Å². The van der Waals surface area contributed by atoms with Crippen LogP contribution in [0.1, 0.15) is 24.8 Å². The van der Waals surface area contributed by atoms with Gasteiger partial charge in [-0.25, -0.2) is 13.6 Å². The maximum atomic E-state index is 12.1. The average molecular weight is 325 g/mol. The van der Waals surface area contributed by atoms with Crippen molar-refractivity contribution in [2.75, 3.05) is 13.1 Å². The van der Waals surface area contributed by atoms with Crippen LogP contribution in [0, 0.1) is 11.8 Å². The molecule has 0 heterocycles. The molecule has 5 N–H and O–H groups in total. The third-order valence-electron chi connectivity index (χ3n) is 4.26. The lowest BCUT2D eigenvalue weighted by Gasteiger charge is -2.17. The van der Waals surface area contributed by atoms with Gasteiger partial charge in [0.15, 0.2) is 0 Å². The van der Waals surface area contributed by atoms with Crippen molar-refractivity contribution in [3.8, 4) is 0 Å². The van der Waals surface area contributed by atoms with Gasteiger partial charge in [0.1, 0.15) is 0 Å². The van der Waals surface area contributed by atoms with Crippen LogP contribution in [0.25, 0.3) is 0 Å². The van der Waals surface area contributed by atoms with E-state index in [1.807, 2.05) is 0 Å². The maximum Gasteiger partial charge on any atom is 0.238 e. The highest BCUT2D eigenvalue weighted by Gasteiger charge is 2.31. The van der Waals surface area contributed by atoms with Crippen LogP contribution < -0.4 is 16.2 Å². The summed E-state index contributed by atoms with van der Waals surface area (Å²) in [4.78, 5) is 12.2. The summed E-state index contributed by atoms with van der Waals surface area (Å²) >= 11 is 0. The first-order chi connectivity index (χ1) is 10.4. The molecule has 6 nitrogen and oxygen atoms in total. The van der Waals surface area contributed by atoms with Gasteiger partial charge in [0, 0.05) is 12.5 Å². The molecule has 0 unspecified atom stereocenters. The van der Waals surface area contributed by atoms with Gasteiger partial charge in [0.25, 0.3) is 0 Å². The first-order valence-corrected chi connectivity index (χ1v) is 9.06. The zero-order valence-corrected chi connectivity index (χ0v) is 13.3. The van der Waals surface area contributed by atoms with Crippen molar-refractivity contribution in [1.82, 2.24) is 5.32 Å². The van der Waals surface area contributed by atoms with Crippen molar-refractivity contribution in [2.24, 2.45) is 22.7 Å². The van der Waals surface area contributed by atoms with Crippen LogP contribution in [0.4, 0.5) is 0 Å². The van der Waals surface area contributed by atoms with Gasteiger partial charge in [-0.05, 0) is 49.4 Å². The number of rotatable bonds is 6. The molecule has 1 aromatic carbocycles. The molecule has 2 atom stereocenters. The summed E-state index contributed by atoms with van der Waals surface area (Å²) in [6.45, 7) is 1.09. The fraction of sp³-hybridized carbons (Fsp3) is 0.533. The molecule has 1 aromatic rings. The molecule has 0 aliphatic heterocycles. The normalized spacial score (nSPS) is 21.7. The Morgan fingerprint density at radius 2 is 1.91 bits per heavy atom. The van der Waals surface area contributed by atoms with Crippen molar-refractivity contribution in [3.05, 3.63) is 29.8 Å². The Morgan fingerprint density at radius 3 is 2.50 bits per heavy atom. The van der Waals surface area contributed by atoms with Crippen LogP contribution in [-0.2, 0) is 21.2 Å². The van der Waals surface area contributed by atoms with Crippen LogP contribution in [0.5, 0.6) is 0 Å². The van der Waals surface area contributed by atoms with Gasteiger partial charge in [-0.1, -0.05) is 18.6 Å². The number of hydrogen-bond donors (Lipinski definition) is 3. The molecule has 2 rings (SSSR count). The molecular formula is C15H23N3O3S. The highest BCUT2D eigenvalue weighted by molar-refractivity contribution is 7.89. The van der Waals surface area contributed by atoms with E-state index in [2.05, 4.69) is 5.32 Å². The fourth-order valence-electron chi connectivity index (χ4n) is 2.97. The Hall–Kier alpha value is -1.44. The van der Waals surface area contributed by atoms with Gasteiger partial charge in [0.2, 0.25) is 15.9 Å². The van der Waals surface area contributed by atoms with Crippen LogP contribution in [0.15, 0.2) is 29.2 Å². The zero-order chi connectivity index (χ0) is 16.2. The summed E-state index contributed by atoms with van der Waals surface area (Å²) in [6, 6.07) is 6.39. The smallest absolute Gasteiger partial charge is 0.238 e. The first kappa shape index (κ1) is 16.9. The summed E-state index contributed by atoms with van der Waals surface area (Å²) < 4.78 is 22.3. The number of nitrogens with two attached hydrogens (primary N) is 2. The average Bonchev–Trinajstić information content (AvgIpc) is 2.95. The number of carbonyl (C=O) groups is 1. The van der Waals surface area contributed by atoms with E-state index in [4.69, 9.17) is 10.9 Å². The van der Waals surface area contributed by atoms with Crippen molar-refractivity contribution >= 4 is 15.9 Å². The number of amides is 1. The molecule has 1 aliphatic carbocycles. The predicted molar refractivity (Wildman–Crippen MR) is 84.4 cm³/mol. The molecule has 0 aromatic heterocycles. The minimum absolute atomic E-state index is 0.0368. The molecule has 0 saturated heterocycles. The van der Waals surface area contributed by atoms with Crippen molar-refractivity contribution < 1.29 is 13.2 Å². The van der Waals surface area contributed by atoms with E-state index in [0.29, 0.717) is 25.4 Å². The Bertz CT molecular complexity index is 613. The standard InChI is InChI=1S/C15H23N3O3S/c16-10-12-2-1-3-14(12)15(19)18-9-8-11-4-6-13(7-5-11)22(17,20)21/h4-7,12,14H,1-3,8-10,16H2,(H,18,19)(H2,17,20,21)/t12-,14-/m1/s1. The van der Waals surface area contributed by atoms with Crippen molar-refractivity contribution in [3.63, 3.8) is 0 Å². The SMILES string of the molecule is NC[C@H]1CCC[C@H]1C(=O)NCCc1ccc(S(N)(=O)=O)cc1. The van der Waals surface area contributed by atoms with Crippen molar-refractivity contribution in [2.45, 2.75) is 30.6 Å². The largest absolute Gasteiger partial charge is 0.356 e. The van der Waals surface area contributed by atoms with Crippen LogP contribution in [0.2, 0.25) is 0 Å². The summed E-state index contributed by atoms with van der Waals surface area (Å²) in [5.74, 6) is 0.415. The summed E-state index contributed by atoms with van der Waals surface area (Å²) in [6.07, 6.45) is 3.66. The Kier molecular flexibility index (Phi) is 5.55. The molecule has 0 spiro atoms. The second-order valence-electron chi connectivity index (χ2n) is 5.76. The number of benzene rings is 1. The summed E-state index contributed by atoms with van der Waals surface area (Å²) in [7, 11) is -3.66. The quantitative estimate of drug-likeness (QED) is 0.700. The summed E-state index contributed by atoms with van der Waals surface area (Å²) in [5.41, 5.74) is 6.64.